The van der Waals surface area contributed by atoms with E-state index in [-0.39, 0.29) is 5.82 Å². The van der Waals surface area contributed by atoms with Gasteiger partial charge in [0, 0.05) is 37.4 Å². The molecule has 0 radical (unpaired) electrons. The number of carboxylic acids is 1. The number of hydrogen-bond donors (Lipinski definition) is 1. The van der Waals surface area contributed by atoms with E-state index in [4.69, 9.17) is 0 Å². The number of halogens is 1. The van der Waals surface area contributed by atoms with Crippen LogP contribution in [-0.2, 0) is 11.3 Å². The Hall–Kier alpha value is -3.22. The molecule has 2 aromatic heterocycles. The topological polar surface area (TPSA) is 71.2 Å². The molecule has 0 bridgehead atoms. The molecule has 1 N–H and O–H groups in total. The quantitative estimate of drug-likeness (QED) is 0.667. The number of aliphatic carboxylic acids is 1. The van der Waals surface area contributed by atoms with Crippen molar-refractivity contribution in [3.8, 4) is 0 Å². The maximum absolute atomic E-state index is 13.2. The molecule has 6 nitrogen and oxygen atoms in total. The minimum absolute atomic E-state index is 0.247. The monoisotopic (exact) mass is 394 g/mol. The Morgan fingerprint density at radius 2 is 2.00 bits per heavy atom. The van der Waals surface area contributed by atoms with Crippen molar-refractivity contribution in [3.63, 3.8) is 0 Å². The summed E-state index contributed by atoms with van der Waals surface area (Å²) in [4.78, 5) is 22.0. The molecule has 0 saturated carbocycles. The third kappa shape index (κ3) is 3.85. The number of benzene rings is 1. The molecule has 4 rings (SSSR count). The van der Waals surface area contributed by atoms with Crippen molar-refractivity contribution in [1.29, 1.82) is 0 Å². The van der Waals surface area contributed by atoms with Crippen LogP contribution in [0.15, 0.2) is 54.8 Å². The summed E-state index contributed by atoms with van der Waals surface area (Å²) in [7, 11) is 0. The Kier molecular flexibility index (Phi) is 5.29. The number of carboxylic acid groups (broad SMARTS) is 1. The normalized spacial score (nSPS) is 15.8. The summed E-state index contributed by atoms with van der Waals surface area (Å²) in [6.45, 7) is 3.77. The van der Waals surface area contributed by atoms with Gasteiger partial charge in [-0.3, -0.25) is 0 Å². The van der Waals surface area contributed by atoms with Gasteiger partial charge in [0.25, 0.3) is 0 Å². The molecular weight excluding hydrogens is 371 g/mol. The van der Waals surface area contributed by atoms with Gasteiger partial charge in [-0.25, -0.2) is 19.2 Å². The van der Waals surface area contributed by atoms with E-state index >= 15 is 0 Å². The molecule has 29 heavy (non-hydrogen) atoms. The number of hydrogen-bond acceptors (Lipinski definition) is 4. The van der Waals surface area contributed by atoms with E-state index in [1.807, 2.05) is 11.1 Å². The van der Waals surface area contributed by atoms with E-state index in [0.717, 1.165) is 29.4 Å². The van der Waals surface area contributed by atoms with Crippen molar-refractivity contribution < 1.29 is 14.3 Å². The van der Waals surface area contributed by atoms with Gasteiger partial charge in [0.05, 0.1) is 0 Å². The third-order valence-electron chi connectivity index (χ3n) is 5.60. The van der Waals surface area contributed by atoms with Crippen molar-refractivity contribution in [2.45, 2.75) is 32.2 Å². The van der Waals surface area contributed by atoms with Crippen LogP contribution in [0.25, 0.3) is 11.0 Å². The summed E-state index contributed by atoms with van der Waals surface area (Å²) in [6, 6.07) is 6.50. The largest absolute Gasteiger partial charge is 0.477 e. The van der Waals surface area contributed by atoms with Crippen molar-refractivity contribution in [2.75, 3.05) is 13.1 Å². The minimum atomic E-state index is -0.879. The number of nitrogens with zero attached hydrogens (tertiary/aromatic N) is 4. The van der Waals surface area contributed by atoms with Crippen LogP contribution in [-0.4, -0.2) is 43.6 Å². The second kappa shape index (κ2) is 8.03. The van der Waals surface area contributed by atoms with Gasteiger partial charge in [-0.1, -0.05) is 18.2 Å². The van der Waals surface area contributed by atoms with Crippen LogP contribution < -0.4 is 0 Å². The van der Waals surface area contributed by atoms with Gasteiger partial charge in [0.1, 0.15) is 23.5 Å². The zero-order chi connectivity index (χ0) is 20.4. The summed E-state index contributed by atoms with van der Waals surface area (Å²) in [5.74, 6) is -0.806. The fraction of sp³-hybridized carbons (Fsp3) is 0.318. The van der Waals surface area contributed by atoms with E-state index in [9.17, 15) is 14.3 Å². The van der Waals surface area contributed by atoms with Gasteiger partial charge in [0.2, 0.25) is 0 Å². The maximum Gasteiger partial charge on any atom is 0.351 e. The Bertz CT molecular complexity index is 1050. The van der Waals surface area contributed by atoms with Crippen LogP contribution >= 0.6 is 0 Å². The SMILES string of the molecule is CC=C(C(=O)O)N1CCC(c2cn(Cc3ccc(F)cc3)c3ncncc23)CC1. The van der Waals surface area contributed by atoms with Crippen molar-refractivity contribution in [1.82, 2.24) is 19.4 Å². The van der Waals surface area contributed by atoms with Crippen molar-refractivity contribution in [2.24, 2.45) is 0 Å². The van der Waals surface area contributed by atoms with E-state index in [1.165, 1.54) is 17.7 Å². The smallest absolute Gasteiger partial charge is 0.351 e. The molecule has 0 spiro atoms. The van der Waals surface area contributed by atoms with Gasteiger partial charge in [-0.05, 0) is 48.9 Å². The molecule has 0 atom stereocenters. The van der Waals surface area contributed by atoms with Crippen LogP contribution in [0.4, 0.5) is 4.39 Å². The molecule has 1 fully saturated rings. The number of rotatable bonds is 5. The number of likely N-dealkylation sites (tertiary alicyclic amines) is 1. The van der Waals surface area contributed by atoms with Crippen molar-refractivity contribution >= 4 is 17.0 Å². The van der Waals surface area contributed by atoms with Crippen molar-refractivity contribution in [3.05, 3.63) is 71.7 Å². The molecule has 0 aliphatic carbocycles. The van der Waals surface area contributed by atoms with Gasteiger partial charge >= 0.3 is 5.97 Å². The molecule has 3 aromatic rings. The molecule has 1 aliphatic heterocycles. The zero-order valence-electron chi connectivity index (χ0n) is 16.3. The van der Waals surface area contributed by atoms with E-state index in [1.54, 1.807) is 31.5 Å². The molecule has 1 aliphatic rings. The Morgan fingerprint density at radius 3 is 2.66 bits per heavy atom. The fourth-order valence-electron chi connectivity index (χ4n) is 4.16. The molecular formula is C22H23FN4O2. The van der Waals surface area contributed by atoms with E-state index in [2.05, 4.69) is 20.7 Å². The Balaban J connectivity index is 1.59. The molecule has 7 heteroatoms. The predicted molar refractivity (Wildman–Crippen MR) is 108 cm³/mol. The van der Waals surface area contributed by atoms with Crippen LogP contribution in [0.1, 0.15) is 36.8 Å². The first-order chi connectivity index (χ1) is 14.1. The van der Waals surface area contributed by atoms with Gasteiger partial charge in [0.15, 0.2) is 0 Å². The first-order valence-electron chi connectivity index (χ1n) is 9.74. The first-order valence-corrected chi connectivity index (χ1v) is 9.74. The average Bonchev–Trinajstić information content (AvgIpc) is 3.09. The van der Waals surface area contributed by atoms with Crippen LogP contribution in [0, 0.1) is 5.82 Å². The molecule has 1 saturated heterocycles. The van der Waals surface area contributed by atoms with E-state index < -0.39 is 5.97 Å². The molecule has 150 valence electrons. The van der Waals surface area contributed by atoms with Gasteiger partial charge in [-0.2, -0.15) is 0 Å². The Labute approximate surface area is 168 Å². The van der Waals surface area contributed by atoms with Gasteiger partial charge < -0.3 is 14.6 Å². The third-order valence-corrected chi connectivity index (χ3v) is 5.60. The fourth-order valence-corrected chi connectivity index (χ4v) is 4.16. The lowest BCUT2D eigenvalue weighted by atomic mass is 9.89. The van der Waals surface area contributed by atoms with Gasteiger partial charge in [-0.15, -0.1) is 0 Å². The summed E-state index contributed by atoms with van der Waals surface area (Å²) >= 11 is 0. The molecule has 1 aromatic carbocycles. The number of aromatic nitrogens is 3. The highest BCUT2D eigenvalue weighted by Crippen LogP contribution is 2.34. The maximum atomic E-state index is 13.2. The highest BCUT2D eigenvalue weighted by Gasteiger charge is 2.27. The number of piperidine rings is 1. The second-order valence-electron chi connectivity index (χ2n) is 7.34. The number of allylic oxidation sites excluding steroid dienone is 1. The van der Waals surface area contributed by atoms with Crippen LogP contribution in [0.3, 0.4) is 0 Å². The number of carbonyl (C=O) groups is 1. The van der Waals surface area contributed by atoms with Crippen LogP contribution in [0.2, 0.25) is 0 Å². The Morgan fingerprint density at radius 1 is 1.28 bits per heavy atom. The zero-order valence-corrected chi connectivity index (χ0v) is 16.3. The highest BCUT2D eigenvalue weighted by atomic mass is 19.1. The molecule has 0 unspecified atom stereocenters. The lowest BCUT2D eigenvalue weighted by Gasteiger charge is -2.33. The molecule has 0 amide bonds. The van der Waals surface area contributed by atoms with Crippen LogP contribution in [0.5, 0.6) is 0 Å². The molecule has 3 heterocycles. The summed E-state index contributed by atoms with van der Waals surface area (Å²) < 4.78 is 15.3. The first kappa shape index (κ1) is 19.1. The lowest BCUT2D eigenvalue weighted by Crippen LogP contribution is -2.35. The lowest BCUT2D eigenvalue weighted by molar-refractivity contribution is -0.134. The highest BCUT2D eigenvalue weighted by molar-refractivity contribution is 5.85. The summed E-state index contributed by atoms with van der Waals surface area (Å²) in [5, 5.41) is 10.4. The predicted octanol–water partition coefficient (Wildman–Crippen LogP) is 3.79. The minimum Gasteiger partial charge on any atom is -0.477 e. The van der Waals surface area contributed by atoms with E-state index in [0.29, 0.717) is 31.2 Å². The summed E-state index contributed by atoms with van der Waals surface area (Å²) in [6.07, 6.45) is 8.91. The average molecular weight is 394 g/mol. The summed E-state index contributed by atoms with van der Waals surface area (Å²) in [5.41, 5.74) is 3.43. The number of fused-ring (bicyclic) bond motifs is 1. The standard InChI is InChI=1S/C22H23FN4O2/c1-2-20(22(28)29)26-9-7-16(8-10-26)19-13-27(21-18(19)11-24-14-25-21)12-15-3-5-17(23)6-4-15/h2-6,11,13-14,16H,7-10,12H2,1H3,(H,28,29). The second-order valence-corrected chi connectivity index (χ2v) is 7.34.